The Morgan fingerprint density at radius 3 is 2.52 bits per heavy atom. The van der Waals surface area contributed by atoms with Gasteiger partial charge < -0.3 is 9.84 Å². The number of hydrogen-bond acceptors (Lipinski definition) is 3. The molecule has 0 saturated carbocycles. The molecule has 1 aliphatic rings. The average molecular weight is 344 g/mol. The molecule has 1 atom stereocenters. The van der Waals surface area contributed by atoms with Crippen LogP contribution in [0.2, 0.25) is 0 Å². The predicted molar refractivity (Wildman–Crippen MR) is 104 cm³/mol. The second kappa shape index (κ2) is 9.57. The van der Waals surface area contributed by atoms with Crippen molar-refractivity contribution in [2.75, 3.05) is 6.61 Å². The molecule has 0 radical (unpaired) electrons. The number of rotatable bonds is 6. The molecule has 138 valence electrons. The van der Waals surface area contributed by atoms with E-state index in [0.717, 1.165) is 24.0 Å². The van der Waals surface area contributed by atoms with Gasteiger partial charge in [-0.1, -0.05) is 60.9 Å². The Labute approximate surface area is 152 Å². The van der Waals surface area contributed by atoms with E-state index >= 15 is 0 Å². The van der Waals surface area contributed by atoms with Crippen molar-refractivity contribution in [3.8, 4) is 0 Å². The first-order valence-electron chi connectivity index (χ1n) is 8.83. The van der Waals surface area contributed by atoms with E-state index in [2.05, 4.69) is 45.9 Å². The zero-order chi connectivity index (χ0) is 19.0. The lowest BCUT2D eigenvalue weighted by Gasteiger charge is -2.35. The van der Waals surface area contributed by atoms with E-state index in [0.29, 0.717) is 6.61 Å². The lowest BCUT2D eigenvalue weighted by Crippen LogP contribution is -2.28. The van der Waals surface area contributed by atoms with Gasteiger partial charge in [0.25, 0.3) is 0 Å². The summed E-state index contributed by atoms with van der Waals surface area (Å²) in [5, 5.41) is 9.96. The predicted octanol–water partition coefficient (Wildman–Crippen LogP) is 5.05. The summed E-state index contributed by atoms with van der Waals surface area (Å²) in [6.45, 7) is 12.2. The molecule has 25 heavy (non-hydrogen) atoms. The van der Waals surface area contributed by atoms with Gasteiger partial charge in [-0.3, -0.25) is 4.79 Å². The van der Waals surface area contributed by atoms with Crippen molar-refractivity contribution in [1.82, 2.24) is 0 Å². The molecule has 1 aliphatic carbocycles. The Morgan fingerprint density at radius 2 is 1.92 bits per heavy atom. The van der Waals surface area contributed by atoms with Crippen LogP contribution in [0.4, 0.5) is 0 Å². The summed E-state index contributed by atoms with van der Waals surface area (Å²) in [4.78, 5) is 10.7. The van der Waals surface area contributed by atoms with Gasteiger partial charge in [0.2, 0.25) is 0 Å². The molecule has 0 aromatic heterocycles. The third kappa shape index (κ3) is 7.70. The highest BCUT2D eigenvalue weighted by molar-refractivity contribution is 5.66. The van der Waals surface area contributed by atoms with Crippen molar-refractivity contribution in [2.24, 2.45) is 5.41 Å². The summed E-state index contributed by atoms with van der Waals surface area (Å²) in [7, 11) is 0. The zero-order valence-corrected chi connectivity index (χ0v) is 16.4. The summed E-state index contributed by atoms with van der Waals surface area (Å²) in [6, 6.07) is 0. The SMILES string of the molecule is CC(=O)OCC=C(C)/C=C\C=C(C)C=CC1=C(C)C[C@@H](O)CC1(C)C. The third-order valence-electron chi connectivity index (χ3n) is 4.40. The highest BCUT2D eigenvalue weighted by atomic mass is 16.5. The molecule has 0 fully saturated rings. The average Bonchev–Trinajstić information content (AvgIpc) is 2.44. The minimum atomic E-state index is -0.267. The second-order valence-electron chi connectivity index (χ2n) is 7.49. The number of aliphatic hydroxyl groups is 1. The molecule has 0 heterocycles. The molecular formula is C22H32O3. The van der Waals surface area contributed by atoms with Gasteiger partial charge in [-0.25, -0.2) is 0 Å². The standard InChI is InChI=1S/C22H32O3/c1-16(8-7-9-17(2)12-13-25-19(4)23)10-11-21-18(3)14-20(24)15-22(21,5)6/h7-12,20,24H,13-15H2,1-6H3/b9-7-,11-10?,16-8?,17-12?/t20-/m1/s1. The Kier molecular flexibility index (Phi) is 8.11. The fraction of sp³-hybridized carbons (Fsp3) is 0.500. The van der Waals surface area contributed by atoms with Gasteiger partial charge in [0.1, 0.15) is 6.61 Å². The largest absolute Gasteiger partial charge is 0.462 e. The molecule has 1 rings (SSSR count). The number of carbonyl (C=O) groups excluding carboxylic acids is 1. The first-order valence-corrected chi connectivity index (χ1v) is 8.83. The van der Waals surface area contributed by atoms with E-state index < -0.39 is 0 Å². The topological polar surface area (TPSA) is 46.5 Å². The van der Waals surface area contributed by atoms with Crippen LogP contribution in [-0.2, 0) is 9.53 Å². The highest BCUT2D eigenvalue weighted by Crippen LogP contribution is 2.40. The van der Waals surface area contributed by atoms with Crippen LogP contribution in [0.15, 0.2) is 58.7 Å². The molecule has 0 unspecified atom stereocenters. The van der Waals surface area contributed by atoms with Crippen molar-refractivity contribution >= 4 is 5.97 Å². The zero-order valence-electron chi connectivity index (χ0n) is 16.4. The molecule has 0 bridgehead atoms. The maximum Gasteiger partial charge on any atom is 0.302 e. The van der Waals surface area contributed by atoms with Crippen LogP contribution in [0, 0.1) is 5.41 Å². The Balaban J connectivity index is 2.71. The molecule has 0 aromatic carbocycles. The quantitative estimate of drug-likeness (QED) is 0.541. The fourth-order valence-corrected chi connectivity index (χ4v) is 3.16. The molecule has 0 amide bonds. The van der Waals surface area contributed by atoms with Crippen molar-refractivity contribution in [3.63, 3.8) is 0 Å². The van der Waals surface area contributed by atoms with Gasteiger partial charge in [-0.2, -0.15) is 0 Å². The Hall–Kier alpha value is -1.87. The maximum atomic E-state index is 10.7. The summed E-state index contributed by atoms with van der Waals surface area (Å²) >= 11 is 0. The molecule has 0 saturated heterocycles. The third-order valence-corrected chi connectivity index (χ3v) is 4.40. The number of ether oxygens (including phenoxy) is 1. The number of hydrogen-bond donors (Lipinski definition) is 1. The molecule has 0 spiro atoms. The number of allylic oxidation sites excluding steroid dienone is 8. The van der Waals surface area contributed by atoms with E-state index in [4.69, 9.17) is 4.74 Å². The van der Waals surface area contributed by atoms with Crippen molar-refractivity contribution in [1.29, 1.82) is 0 Å². The molecule has 3 nitrogen and oxygen atoms in total. The Morgan fingerprint density at radius 1 is 1.24 bits per heavy atom. The summed E-state index contributed by atoms with van der Waals surface area (Å²) in [5.41, 5.74) is 4.81. The first-order chi connectivity index (χ1) is 11.6. The minimum Gasteiger partial charge on any atom is -0.462 e. The van der Waals surface area contributed by atoms with Crippen LogP contribution in [0.1, 0.15) is 54.4 Å². The van der Waals surface area contributed by atoms with Crippen LogP contribution in [-0.4, -0.2) is 23.8 Å². The summed E-state index contributed by atoms with van der Waals surface area (Å²) in [6.07, 6.45) is 13.6. The normalized spacial score (nSPS) is 22.1. The van der Waals surface area contributed by atoms with Crippen molar-refractivity contribution in [3.05, 3.63) is 58.7 Å². The molecule has 0 aromatic rings. The number of aliphatic hydroxyl groups excluding tert-OH is 1. The Bertz CT molecular complexity index is 628. The maximum absolute atomic E-state index is 10.7. The molecule has 3 heteroatoms. The van der Waals surface area contributed by atoms with E-state index in [9.17, 15) is 9.90 Å². The summed E-state index contributed by atoms with van der Waals surface area (Å²) < 4.78 is 4.88. The van der Waals surface area contributed by atoms with Gasteiger partial charge >= 0.3 is 5.97 Å². The van der Waals surface area contributed by atoms with Crippen molar-refractivity contribution < 1.29 is 14.6 Å². The number of esters is 1. The van der Waals surface area contributed by atoms with Gasteiger partial charge in [-0.15, -0.1) is 0 Å². The van der Waals surface area contributed by atoms with E-state index in [1.165, 1.54) is 18.1 Å². The van der Waals surface area contributed by atoms with Crippen LogP contribution >= 0.6 is 0 Å². The van der Waals surface area contributed by atoms with Crippen LogP contribution < -0.4 is 0 Å². The van der Waals surface area contributed by atoms with E-state index in [-0.39, 0.29) is 17.5 Å². The first kappa shape index (κ1) is 21.2. The van der Waals surface area contributed by atoms with Gasteiger partial charge in [-0.05, 0) is 50.7 Å². The van der Waals surface area contributed by atoms with Gasteiger partial charge in [0.05, 0.1) is 6.10 Å². The lowest BCUT2D eigenvalue weighted by atomic mass is 9.71. The minimum absolute atomic E-state index is 0.00437. The fourth-order valence-electron chi connectivity index (χ4n) is 3.16. The monoisotopic (exact) mass is 344 g/mol. The second-order valence-corrected chi connectivity index (χ2v) is 7.49. The van der Waals surface area contributed by atoms with Crippen LogP contribution in [0.25, 0.3) is 0 Å². The molecule has 0 aliphatic heterocycles. The van der Waals surface area contributed by atoms with E-state index in [1.807, 2.05) is 25.2 Å². The highest BCUT2D eigenvalue weighted by Gasteiger charge is 2.31. The van der Waals surface area contributed by atoms with E-state index in [1.54, 1.807) is 0 Å². The number of carbonyl (C=O) groups is 1. The smallest absolute Gasteiger partial charge is 0.302 e. The van der Waals surface area contributed by atoms with Crippen molar-refractivity contribution in [2.45, 2.75) is 60.5 Å². The summed E-state index contributed by atoms with van der Waals surface area (Å²) in [5.74, 6) is -0.267. The van der Waals surface area contributed by atoms with Gasteiger partial charge in [0.15, 0.2) is 0 Å². The molecule has 1 N–H and O–H groups in total. The van der Waals surface area contributed by atoms with Crippen LogP contribution in [0.3, 0.4) is 0 Å². The lowest BCUT2D eigenvalue weighted by molar-refractivity contribution is -0.139. The van der Waals surface area contributed by atoms with Crippen LogP contribution in [0.5, 0.6) is 0 Å². The molecular weight excluding hydrogens is 312 g/mol. The van der Waals surface area contributed by atoms with Gasteiger partial charge in [0, 0.05) is 6.92 Å².